The summed E-state index contributed by atoms with van der Waals surface area (Å²) < 4.78 is 1.96. The van der Waals surface area contributed by atoms with Crippen LogP contribution in [0.2, 0.25) is 0 Å². The fraction of sp³-hybridized carbons (Fsp3) is 0.300. The number of nitrogens with zero attached hydrogens (tertiary/aromatic N) is 4. The topological polar surface area (TPSA) is 81.7 Å². The van der Waals surface area contributed by atoms with Crippen molar-refractivity contribution in [2.75, 3.05) is 0 Å². The second-order valence-corrected chi connectivity index (χ2v) is 3.51. The SMILES string of the molecule is Cn1ccnc1CC(NN)c1cnccn1. The molecular formula is C10H14N6. The molecule has 2 aromatic rings. The molecule has 0 aliphatic heterocycles. The van der Waals surface area contributed by atoms with Gasteiger partial charge in [-0.25, -0.2) is 4.98 Å². The lowest BCUT2D eigenvalue weighted by atomic mass is 10.1. The van der Waals surface area contributed by atoms with Gasteiger partial charge in [-0.05, 0) is 0 Å². The van der Waals surface area contributed by atoms with Gasteiger partial charge >= 0.3 is 0 Å². The van der Waals surface area contributed by atoms with Crippen LogP contribution in [0.25, 0.3) is 0 Å². The van der Waals surface area contributed by atoms with E-state index in [1.807, 2.05) is 17.8 Å². The summed E-state index contributed by atoms with van der Waals surface area (Å²) in [6.45, 7) is 0. The van der Waals surface area contributed by atoms with Crippen LogP contribution >= 0.6 is 0 Å². The van der Waals surface area contributed by atoms with Crippen molar-refractivity contribution in [3.05, 3.63) is 42.5 Å². The number of rotatable bonds is 4. The maximum Gasteiger partial charge on any atom is 0.110 e. The van der Waals surface area contributed by atoms with Crippen molar-refractivity contribution in [2.45, 2.75) is 12.5 Å². The van der Waals surface area contributed by atoms with Crippen LogP contribution in [0.15, 0.2) is 31.0 Å². The average molecular weight is 218 g/mol. The summed E-state index contributed by atoms with van der Waals surface area (Å²) in [7, 11) is 1.95. The Balaban J connectivity index is 2.16. The quantitative estimate of drug-likeness (QED) is 0.555. The van der Waals surface area contributed by atoms with Gasteiger partial charge in [0.2, 0.25) is 0 Å². The molecule has 0 aliphatic rings. The minimum atomic E-state index is -0.0743. The molecular weight excluding hydrogens is 204 g/mol. The Hall–Kier alpha value is -1.79. The van der Waals surface area contributed by atoms with Crippen LogP contribution in [0, 0.1) is 0 Å². The second kappa shape index (κ2) is 4.82. The van der Waals surface area contributed by atoms with Gasteiger partial charge in [0.25, 0.3) is 0 Å². The molecule has 3 N–H and O–H groups in total. The van der Waals surface area contributed by atoms with Crippen LogP contribution in [0.1, 0.15) is 17.6 Å². The van der Waals surface area contributed by atoms with E-state index in [2.05, 4.69) is 20.4 Å². The third-order valence-corrected chi connectivity index (χ3v) is 2.45. The fourth-order valence-electron chi connectivity index (χ4n) is 1.52. The van der Waals surface area contributed by atoms with E-state index >= 15 is 0 Å². The van der Waals surface area contributed by atoms with Crippen molar-refractivity contribution in [1.29, 1.82) is 0 Å². The molecule has 6 heteroatoms. The molecule has 2 heterocycles. The Labute approximate surface area is 93.5 Å². The first-order valence-corrected chi connectivity index (χ1v) is 4.99. The van der Waals surface area contributed by atoms with Crippen LogP contribution in [0.4, 0.5) is 0 Å². The molecule has 0 amide bonds. The molecule has 2 rings (SSSR count). The first-order chi connectivity index (χ1) is 7.81. The minimum absolute atomic E-state index is 0.0743. The number of nitrogens with two attached hydrogens (primary N) is 1. The summed E-state index contributed by atoms with van der Waals surface area (Å²) >= 11 is 0. The molecule has 2 aromatic heterocycles. The Morgan fingerprint density at radius 2 is 2.25 bits per heavy atom. The molecule has 0 saturated heterocycles. The maximum absolute atomic E-state index is 5.52. The Bertz CT molecular complexity index is 438. The highest BCUT2D eigenvalue weighted by Crippen LogP contribution is 2.12. The van der Waals surface area contributed by atoms with Crippen molar-refractivity contribution in [3.63, 3.8) is 0 Å². The predicted molar refractivity (Wildman–Crippen MR) is 59.0 cm³/mol. The molecule has 16 heavy (non-hydrogen) atoms. The van der Waals surface area contributed by atoms with Crippen molar-refractivity contribution in [1.82, 2.24) is 24.9 Å². The summed E-state index contributed by atoms with van der Waals surface area (Å²) in [5.41, 5.74) is 3.54. The summed E-state index contributed by atoms with van der Waals surface area (Å²) in [5.74, 6) is 6.47. The van der Waals surface area contributed by atoms with Crippen molar-refractivity contribution < 1.29 is 0 Å². The van der Waals surface area contributed by atoms with Crippen molar-refractivity contribution >= 4 is 0 Å². The normalized spacial score (nSPS) is 12.6. The monoisotopic (exact) mass is 218 g/mol. The van der Waals surface area contributed by atoms with Crippen LogP contribution in [-0.4, -0.2) is 19.5 Å². The van der Waals surface area contributed by atoms with Gasteiger partial charge in [0.05, 0.1) is 17.9 Å². The van der Waals surface area contributed by atoms with E-state index in [1.54, 1.807) is 24.8 Å². The smallest absolute Gasteiger partial charge is 0.110 e. The van der Waals surface area contributed by atoms with Crippen molar-refractivity contribution in [2.24, 2.45) is 12.9 Å². The average Bonchev–Trinajstić information content (AvgIpc) is 2.73. The van der Waals surface area contributed by atoms with Gasteiger partial charge in [0.1, 0.15) is 5.82 Å². The minimum Gasteiger partial charge on any atom is -0.338 e. The summed E-state index contributed by atoms with van der Waals surface area (Å²) in [5, 5.41) is 0. The zero-order valence-electron chi connectivity index (χ0n) is 9.04. The Morgan fingerprint density at radius 3 is 2.81 bits per heavy atom. The highest BCUT2D eigenvalue weighted by atomic mass is 15.2. The summed E-state index contributed by atoms with van der Waals surface area (Å²) in [6.07, 6.45) is 9.33. The van der Waals surface area contributed by atoms with E-state index in [1.165, 1.54) is 0 Å². The number of hydrazine groups is 1. The largest absolute Gasteiger partial charge is 0.338 e. The van der Waals surface area contributed by atoms with Crippen LogP contribution in [-0.2, 0) is 13.5 Å². The number of hydrogen-bond acceptors (Lipinski definition) is 5. The van der Waals surface area contributed by atoms with Crippen LogP contribution < -0.4 is 11.3 Å². The van der Waals surface area contributed by atoms with E-state index in [-0.39, 0.29) is 6.04 Å². The van der Waals surface area contributed by atoms with E-state index < -0.39 is 0 Å². The lowest BCUT2D eigenvalue weighted by Crippen LogP contribution is -2.31. The highest BCUT2D eigenvalue weighted by molar-refractivity contribution is 5.06. The van der Waals surface area contributed by atoms with Gasteiger partial charge < -0.3 is 4.57 Å². The van der Waals surface area contributed by atoms with E-state index in [9.17, 15) is 0 Å². The molecule has 6 nitrogen and oxygen atoms in total. The number of aryl methyl sites for hydroxylation is 1. The summed E-state index contributed by atoms with van der Waals surface area (Å²) in [6, 6.07) is -0.0743. The standard InChI is InChI=1S/C10H14N6/c1-16-5-4-14-10(16)6-8(15-11)9-7-12-2-3-13-9/h2-5,7-8,15H,6,11H2,1H3. The van der Waals surface area contributed by atoms with Gasteiger partial charge in [-0.2, -0.15) is 0 Å². The molecule has 0 radical (unpaired) electrons. The Morgan fingerprint density at radius 1 is 1.38 bits per heavy atom. The van der Waals surface area contributed by atoms with Crippen LogP contribution in [0.3, 0.4) is 0 Å². The first-order valence-electron chi connectivity index (χ1n) is 4.99. The predicted octanol–water partition coefficient (Wildman–Crippen LogP) is -0.0428. The summed E-state index contributed by atoms with van der Waals surface area (Å²) in [4.78, 5) is 12.5. The van der Waals surface area contributed by atoms with Gasteiger partial charge in [-0.3, -0.25) is 21.2 Å². The van der Waals surface area contributed by atoms with Gasteiger partial charge in [0, 0.05) is 38.3 Å². The van der Waals surface area contributed by atoms with Gasteiger partial charge in [-0.1, -0.05) is 0 Å². The zero-order valence-corrected chi connectivity index (χ0v) is 9.04. The molecule has 0 aliphatic carbocycles. The zero-order chi connectivity index (χ0) is 11.4. The van der Waals surface area contributed by atoms with Gasteiger partial charge in [-0.15, -0.1) is 0 Å². The third-order valence-electron chi connectivity index (χ3n) is 2.45. The molecule has 1 unspecified atom stereocenters. The third kappa shape index (κ3) is 2.23. The number of nitrogens with one attached hydrogen (secondary N) is 1. The molecule has 0 saturated carbocycles. The number of aromatic nitrogens is 4. The maximum atomic E-state index is 5.52. The van der Waals surface area contributed by atoms with E-state index in [0.717, 1.165) is 11.5 Å². The lowest BCUT2D eigenvalue weighted by molar-refractivity contribution is 0.516. The highest BCUT2D eigenvalue weighted by Gasteiger charge is 2.14. The van der Waals surface area contributed by atoms with Crippen LogP contribution in [0.5, 0.6) is 0 Å². The van der Waals surface area contributed by atoms with Crippen molar-refractivity contribution in [3.8, 4) is 0 Å². The molecule has 0 spiro atoms. The number of imidazole rings is 1. The van der Waals surface area contributed by atoms with E-state index in [0.29, 0.717) is 6.42 Å². The lowest BCUT2D eigenvalue weighted by Gasteiger charge is -2.14. The number of hydrogen-bond donors (Lipinski definition) is 2. The molecule has 0 aromatic carbocycles. The van der Waals surface area contributed by atoms with Gasteiger partial charge in [0.15, 0.2) is 0 Å². The molecule has 1 atom stereocenters. The fourth-order valence-corrected chi connectivity index (χ4v) is 1.52. The molecule has 0 fully saturated rings. The molecule has 0 bridgehead atoms. The second-order valence-electron chi connectivity index (χ2n) is 3.51. The molecule has 84 valence electrons. The Kier molecular flexibility index (Phi) is 3.23. The van der Waals surface area contributed by atoms with E-state index in [4.69, 9.17) is 5.84 Å². The first kappa shape index (κ1) is 10.7.